The van der Waals surface area contributed by atoms with Crippen LogP contribution in [-0.2, 0) is 9.53 Å². The van der Waals surface area contributed by atoms with Crippen molar-refractivity contribution in [1.82, 2.24) is 14.7 Å². The average molecular weight is 434 g/mol. The van der Waals surface area contributed by atoms with Crippen molar-refractivity contribution in [2.24, 2.45) is 5.92 Å². The van der Waals surface area contributed by atoms with Crippen LogP contribution in [-0.4, -0.2) is 86.8 Å². The molecule has 8 nitrogen and oxygen atoms in total. The van der Waals surface area contributed by atoms with E-state index in [-0.39, 0.29) is 18.0 Å². The normalized spacial score (nSPS) is 19.6. The summed E-state index contributed by atoms with van der Waals surface area (Å²) in [5.74, 6) is 1.93. The molecule has 0 saturated carbocycles. The fourth-order valence-corrected chi connectivity index (χ4v) is 4.18. The number of amides is 2. The smallest absolute Gasteiger partial charge is 0.409 e. The first kappa shape index (κ1) is 23.2. The summed E-state index contributed by atoms with van der Waals surface area (Å²) in [7, 11) is 3.27. The first-order valence-corrected chi connectivity index (χ1v) is 11.1. The first-order valence-electron chi connectivity index (χ1n) is 11.1. The van der Waals surface area contributed by atoms with Crippen LogP contribution in [0, 0.1) is 5.92 Å². The fourth-order valence-electron chi connectivity index (χ4n) is 4.18. The largest absolute Gasteiger partial charge is 0.497 e. The molecule has 2 saturated heterocycles. The number of rotatable bonds is 7. The second-order valence-electron chi connectivity index (χ2n) is 8.59. The predicted octanol–water partition coefficient (Wildman–Crippen LogP) is 2.78. The maximum Gasteiger partial charge on any atom is 0.409 e. The number of benzene rings is 1. The SMILES string of the molecule is COc1ccc(C2CCCN2C(=O)CN2CCN(C(=O)OCC(C)C)CC2)c(OC)c1. The summed E-state index contributed by atoms with van der Waals surface area (Å²) in [5.41, 5.74) is 1.02. The molecule has 172 valence electrons. The van der Waals surface area contributed by atoms with Crippen molar-refractivity contribution in [3.8, 4) is 11.5 Å². The van der Waals surface area contributed by atoms with Gasteiger partial charge in [0.2, 0.25) is 5.91 Å². The van der Waals surface area contributed by atoms with E-state index in [0.29, 0.717) is 45.2 Å². The van der Waals surface area contributed by atoms with Gasteiger partial charge in [-0.3, -0.25) is 9.69 Å². The third-order valence-electron chi connectivity index (χ3n) is 5.90. The minimum atomic E-state index is -0.258. The molecule has 2 heterocycles. The highest BCUT2D eigenvalue weighted by atomic mass is 16.6. The molecule has 1 unspecified atom stereocenters. The molecule has 1 aromatic rings. The van der Waals surface area contributed by atoms with Gasteiger partial charge in [0.05, 0.1) is 33.4 Å². The molecule has 0 bridgehead atoms. The van der Waals surface area contributed by atoms with Gasteiger partial charge in [-0.1, -0.05) is 13.8 Å². The van der Waals surface area contributed by atoms with E-state index in [0.717, 1.165) is 36.4 Å². The van der Waals surface area contributed by atoms with Crippen LogP contribution in [0.25, 0.3) is 0 Å². The van der Waals surface area contributed by atoms with E-state index < -0.39 is 0 Å². The van der Waals surface area contributed by atoms with Crippen LogP contribution in [0.4, 0.5) is 4.79 Å². The van der Waals surface area contributed by atoms with Gasteiger partial charge in [-0.15, -0.1) is 0 Å². The molecule has 3 rings (SSSR count). The lowest BCUT2D eigenvalue weighted by Crippen LogP contribution is -2.51. The molecule has 0 radical (unpaired) electrons. The number of hydrogen-bond acceptors (Lipinski definition) is 6. The summed E-state index contributed by atoms with van der Waals surface area (Å²) in [4.78, 5) is 31.1. The van der Waals surface area contributed by atoms with Crippen molar-refractivity contribution in [1.29, 1.82) is 0 Å². The number of likely N-dealkylation sites (tertiary alicyclic amines) is 1. The standard InChI is InChI=1S/C23H35N3O5/c1-17(2)16-31-23(28)25-12-10-24(11-13-25)15-22(27)26-9-5-6-20(26)19-8-7-18(29-3)14-21(19)30-4/h7-8,14,17,20H,5-6,9-13,15-16H2,1-4H3. The lowest BCUT2D eigenvalue weighted by atomic mass is 10.0. The van der Waals surface area contributed by atoms with E-state index in [1.54, 1.807) is 19.1 Å². The molecule has 0 aliphatic carbocycles. The third kappa shape index (κ3) is 5.81. The summed E-state index contributed by atoms with van der Waals surface area (Å²) < 4.78 is 16.2. The highest BCUT2D eigenvalue weighted by Crippen LogP contribution is 2.38. The van der Waals surface area contributed by atoms with Crippen molar-refractivity contribution in [3.63, 3.8) is 0 Å². The summed E-state index contributed by atoms with van der Waals surface area (Å²) in [6.45, 7) is 8.10. The Morgan fingerprint density at radius 2 is 1.81 bits per heavy atom. The van der Waals surface area contributed by atoms with E-state index in [9.17, 15) is 9.59 Å². The van der Waals surface area contributed by atoms with Crippen molar-refractivity contribution >= 4 is 12.0 Å². The Labute approximate surface area is 185 Å². The Hall–Kier alpha value is -2.48. The Morgan fingerprint density at radius 3 is 2.45 bits per heavy atom. The van der Waals surface area contributed by atoms with E-state index >= 15 is 0 Å². The van der Waals surface area contributed by atoms with E-state index in [1.807, 2.05) is 36.9 Å². The molecular formula is C23H35N3O5. The van der Waals surface area contributed by atoms with Crippen LogP contribution in [0.3, 0.4) is 0 Å². The number of carbonyl (C=O) groups is 2. The lowest BCUT2D eigenvalue weighted by Gasteiger charge is -2.35. The Kier molecular flexibility index (Phi) is 8.01. The molecule has 1 atom stereocenters. The van der Waals surface area contributed by atoms with Gasteiger partial charge in [0.25, 0.3) is 0 Å². The monoisotopic (exact) mass is 433 g/mol. The molecule has 2 amide bonds. The van der Waals surface area contributed by atoms with Gasteiger partial charge in [0, 0.05) is 44.4 Å². The van der Waals surface area contributed by atoms with E-state index in [1.165, 1.54) is 0 Å². The molecule has 0 aromatic heterocycles. The van der Waals surface area contributed by atoms with Crippen LogP contribution in [0.15, 0.2) is 18.2 Å². The summed E-state index contributed by atoms with van der Waals surface area (Å²) in [5, 5.41) is 0. The van der Waals surface area contributed by atoms with Gasteiger partial charge in [0.1, 0.15) is 11.5 Å². The highest BCUT2D eigenvalue weighted by Gasteiger charge is 2.33. The average Bonchev–Trinajstić information content (AvgIpc) is 3.27. The van der Waals surface area contributed by atoms with Gasteiger partial charge < -0.3 is 24.0 Å². The molecule has 8 heteroatoms. The minimum Gasteiger partial charge on any atom is -0.497 e. The molecule has 0 N–H and O–H groups in total. The zero-order valence-electron chi connectivity index (χ0n) is 19.1. The van der Waals surface area contributed by atoms with Crippen LogP contribution in [0.1, 0.15) is 38.3 Å². The lowest BCUT2D eigenvalue weighted by molar-refractivity contribution is -0.133. The predicted molar refractivity (Wildman–Crippen MR) is 117 cm³/mol. The fraction of sp³-hybridized carbons (Fsp3) is 0.652. The van der Waals surface area contributed by atoms with Crippen LogP contribution in [0.5, 0.6) is 11.5 Å². The first-order chi connectivity index (χ1) is 14.9. The van der Waals surface area contributed by atoms with E-state index in [4.69, 9.17) is 14.2 Å². The Balaban J connectivity index is 1.55. The van der Waals surface area contributed by atoms with Gasteiger partial charge in [-0.2, -0.15) is 0 Å². The van der Waals surface area contributed by atoms with Crippen molar-refractivity contribution in [2.45, 2.75) is 32.7 Å². The topological polar surface area (TPSA) is 71.6 Å². The van der Waals surface area contributed by atoms with Crippen LogP contribution in [0.2, 0.25) is 0 Å². The van der Waals surface area contributed by atoms with Crippen molar-refractivity contribution < 1.29 is 23.8 Å². The molecular weight excluding hydrogens is 398 g/mol. The maximum atomic E-state index is 13.1. The third-order valence-corrected chi connectivity index (χ3v) is 5.90. The number of carbonyl (C=O) groups excluding carboxylic acids is 2. The number of piperazine rings is 1. The van der Waals surface area contributed by atoms with Crippen molar-refractivity contribution in [2.75, 3.05) is 60.1 Å². The number of ether oxygens (including phenoxy) is 3. The second-order valence-corrected chi connectivity index (χ2v) is 8.59. The number of nitrogens with zero attached hydrogens (tertiary/aromatic N) is 3. The summed E-state index contributed by atoms with van der Waals surface area (Å²) in [6, 6.07) is 5.79. The maximum absolute atomic E-state index is 13.1. The van der Waals surface area contributed by atoms with Crippen LogP contribution >= 0.6 is 0 Å². The van der Waals surface area contributed by atoms with Crippen LogP contribution < -0.4 is 9.47 Å². The van der Waals surface area contributed by atoms with Gasteiger partial charge in [-0.05, 0) is 30.9 Å². The molecule has 2 fully saturated rings. The van der Waals surface area contributed by atoms with Gasteiger partial charge in [0.15, 0.2) is 0 Å². The molecule has 1 aromatic carbocycles. The number of hydrogen-bond donors (Lipinski definition) is 0. The molecule has 2 aliphatic heterocycles. The van der Waals surface area contributed by atoms with Gasteiger partial charge >= 0.3 is 6.09 Å². The number of methoxy groups -OCH3 is 2. The molecule has 31 heavy (non-hydrogen) atoms. The van der Waals surface area contributed by atoms with Crippen molar-refractivity contribution in [3.05, 3.63) is 23.8 Å². The zero-order chi connectivity index (χ0) is 22.4. The minimum absolute atomic E-state index is 0.0145. The Bertz CT molecular complexity index is 762. The molecule has 2 aliphatic rings. The van der Waals surface area contributed by atoms with Gasteiger partial charge in [-0.25, -0.2) is 4.79 Å². The zero-order valence-corrected chi connectivity index (χ0v) is 19.1. The van der Waals surface area contributed by atoms with E-state index in [2.05, 4.69) is 4.90 Å². The molecule has 0 spiro atoms. The Morgan fingerprint density at radius 1 is 1.06 bits per heavy atom. The summed E-state index contributed by atoms with van der Waals surface area (Å²) in [6.07, 6.45) is 1.64. The quantitative estimate of drug-likeness (QED) is 0.659. The highest BCUT2D eigenvalue weighted by molar-refractivity contribution is 5.79. The second kappa shape index (κ2) is 10.7. The summed E-state index contributed by atoms with van der Waals surface area (Å²) >= 11 is 0.